The molecule has 144 valence electrons. The number of nitrogens with one attached hydrogen (secondary N) is 1. The molecule has 2 aliphatic rings. The summed E-state index contributed by atoms with van der Waals surface area (Å²) in [5, 5.41) is 12.0. The van der Waals surface area contributed by atoms with E-state index in [1.54, 1.807) is 17.0 Å². The number of hydrogen-bond donors (Lipinski definition) is 1. The van der Waals surface area contributed by atoms with E-state index in [1.807, 2.05) is 11.8 Å². The van der Waals surface area contributed by atoms with Gasteiger partial charge in [-0.3, -0.25) is 4.90 Å². The molecule has 1 N–H and O–H groups in total. The first-order valence-corrected chi connectivity index (χ1v) is 9.36. The minimum Gasteiger partial charge on any atom is -0.442 e. The minimum absolute atomic E-state index is 0.330. The van der Waals surface area contributed by atoms with Crippen molar-refractivity contribution in [3.63, 3.8) is 0 Å². The Hall–Kier alpha value is -2.60. The van der Waals surface area contributed by atoms with Gasteiger partial charge in [-0.1, -0.05) is 19.1 Å². The second-order valence-corrected chi connectivity index (χ2v) is 6.98. The van der Waals surface area contributed by atoms with Gasteiger partial charge in [0, 0.05) is 26.2 Å². The summed E-state index contributed by atoms with van der Waals surface area (Å²) in [5.74, 6) is -0.389. The number of halogens is 1. The second-order valence-electron chi connectivity index (χ2n) is 6.48. The SMILES string of the molecule is CCC(=S)NC[C@H]1CN(c2ccc(N3CCN(C#N)CC3)c(F)c2)C(=O)O1. The van der Waals surface area contributed by atoms with Crippen molar-refractivity contribution < 1.29 is 13.9 Å². The van der Waals surface area contributed by atoms with Gasteiger partial charge >= 0.3 is 6.09 Å². The molecule has 2 saturated heterocycles. The number of carbonyl (C=O) groups excluding carboxylic acids is 1. The number of nitrogens with zero attached hydrogens (tertiary/aromatic N) is 4. The largest absolute Gasteiger partial charge is 0.442 e. The fraction of sp³-hybridized carbons (Fsp3) is 0.500. The first-order valence-electron chi connectivity index (χ1n) is 8.95. The molecule has 0 unspecified atom stereocenters. The van der Waals surface area contributed by atoms with Crippen LogP contribution >= 0.6 is 12.2 Å². The molecule has 1 atom stereocenters. The molecule has 0 aliphatic carbocycles. The average molecular weight is 391 g/mol. The summed E-state index contributed by atoms with van der Waals surface area (Å²) >= 11 is 5.11. The third-order valence-electron chi connectivity index (χ3n) is 4.73. The summed E-state index contributed by atoms with van der Waals surface area (Å²) < 4.78 is 20.0. The lowest BCUT2D eigenvalue weighted by Gasteiger charge is -2.33. The van der Waals surface area contributed by atoms with Gasteiger partial charge in [0.2, 0.25) is 0 Å². The molecule has 0 saturated carbocycles. The standard InChI is InChI=1S/C18H22FN5O2S/c1-2-17(27)21-10-14-11-24(18(25)26-14)13-3-4-16(15(19)9-13)23-7-5-22(12-20)6-8-23/h3-4,9,14H,2,5-8,10-11H2,1H3,(H,21,27)/t14-/m0/s1. The summed E-state index contributed by atoms with van der Waals surface area (Å²) in [6.07, 6.45) is 2.02. The molecule has 1 amide bonds. The zero-order valence-corrected chi connectivity index (χ0v) is 16.0. The fourth-order valence-electron chi connectivity index (χ4n) is 3.16. The van der Waals surface area contributed by atoms with E-state index in [0.29, 0.717) is 50.6 Å². The Morgan fingerprint density at radius 3 is 2.78 bits per heavy atom. The van der Waals surface area contributed by atoms with Crippen molar-refractivity contribution >= 4 is 34.7 Å². The van der Waals surface area contributed by atoms with Crippen LogP contribution in [0.25, 0.3) is 0 Å². The number of carbonyl (C=O) groups is 1. The lowest BCUT2D eigenvalue weighted by atomic mass is 10.2. The minimum atomic E-state index is -0.487. The van der Waals surface area contributed by atoms with Gasteiger partial charge in [-0.25, -0.2) is 9.18 Å². The van der Waals surface area contributed by atoms with E-state index in [0.717, 1.165) is 11.4 Å². The van der Waals surface area contributed by atoms with Crippen LogP contribution in [0, 0.1) is 17.3 Å². The molecule has 7 nitrogen and oxygen atoms in total. The molecule has 2 fully saturated rings. The van der Waals surface area contributed by atoms with E-state index >= 15 is 0 Å². The maximum Gasteiger partial charge on any atom is 0.414 e. The molecule has 0 radical (unpaired) electrons. The highest BCUT2D eigenvalue weighted by atomic mass is 32.1. The average Bonchev–Trinajstić information content (AvgIpc) is 3.06. The topological polar surface area (TPSA) is 71.8 Å². The lowest BCUT2D eigenvalue weighted by molar-refractivity contribution is 0.143. The monoisotopic (exact) mass is 391 g/mol. The van der Waals surface area contributed by atoms with Gasteiger partial charge in [0.1, 0.15) is 11.9 Å². The molecule has 0 aromatic heterocycles. The number of piperazine rings is 1. The Labute approximate surface area is 163 Å². The number of anilines is 2. The number of cyclic esters (lactones) is 1. The molecular weight excluding hydrogens is 369 g/mol. The van der Waals surface area contributed by atoms with Gasteiger partial charge in [-0.05, 0) is 24.6 Å². The quantitative estimate of drug-likeness (QED) is 0.609. The molecule has 3 rings (SSSR count). The first-order chi connectivity index (χ1) is 13.0. The molecule has 1 aromatic rings. The molecule has 2 aliphatic heterocycles. The number of thiocarbonyl (C=S) groups is 1. The van der Waals surface area contributed by atoms with Crippen LogP contribution in [0.5, 0.6) is 0 Å². The molecule has 1 aromatic carbocycles. The third kappa shape index (κ3) is 4.39. The van der Waals surface area contributed by atoms with Crippen molar-refractivity contribution in [3.05, 3.63) is 24.0 Å². The summed E-state index contributed by atoms with van der Waals surface area (Å²) in [7, 11) is 0. The highest BCUT2D eigenvalue weighted by Crippen LogP contribution is 2.28. The molecule has 9 heteroatoms. The van der Waals surface area contributed by atoms with Crippen LogP contribution in [0.3, 0.4) is 0 Å². The van der Waals surface area contributed by atoms with Crippen LogP contribution in [-0.2, 0) is 4.74 Å². The number of amides is 1. The van der Waals surface area contributed by atoms with Gasteiger partial charge in [0.15, 0.2) is 6.19 Å². The van der Waals surface area contributed by atoms with Crippen molar-refractivity contribution in [1.82, 2.24) is 10.2 Å². The van der Waals surface area contributed by atoms with Gasteiger partial charge in [-0.15, -0.1) is 0 Å². The maximum atomic E-state index is 14.7. The van der Waals surface area contributed by atoms with Crippen LogP contribution in [-0.4, -0.2) is 61.4 Å². The van der Waals surface area contributed by atoms with E-state index in [2.05, 4.69) is 11.5 Å². The van der Waals surface area contributed by atoms with Crippen LogP contribution in [0.2, 0.25) is 0 Å². The molecule has 2 heterocycles. The van der Waals surface area contributed by atoms with Crippen LogP contribution in [0.4, 0.5) is 20.6 Å². The summed E-state index contributed by atoms with van der Waals surface area (Å²) in [6, 6.07) is 4.76. The van der Waals surface area contributed by atoms with Gasteiger partial charge in [-0.2, -0.15) is 5.26 Å². The predicted octanol–water partition coefficient (Wildman–Crippen LogP) is 2.08. The fourth-order valence-corrected chi connectivity index (χ4v) is 3.24. The highest BCUT2D eigenvalue weighted by molar-refractivity contribution is 7.80. The number of ether oxygens (including phenoxy) is 1. The van der Waals surface area contributed by atoms with Gasteiger partial charge in [0.25, 0.3) is 0 Å². The summed E-state index contributed by atoms with van der Waals surface area (Å²) in [4.78, 5) is 17.9. The van der Waals surface area contributed by atoms with Crippen molar-refractivity contribution in [2.24, 2.45) is 0 Å². The zero-order valence-electron chi connectivity index (χ0n) is 15.2. The lowest BCUT2D eigenvalue weighted by Crippen LogP contribution is -2.44. The third-order valence-corrected chi connectivity index (χ3v) is 5.16. The Kier molecular flexibility index (Phi) is 5.96. The van der Waals surface area contributed by atoms with Crippen molar-refractivity contribution in [1.29, 1.82) is 5.26 Å². The Morgan fingerprint density at radius 1 is 1.41 bits per heavy atom. The van der Waals surface area contributed by atoms with E-state index in [-0.39, 0.29) is 11.9 Å². The molecule has 0 bridgehead atoms. The molecular formula is C18H22FN5O2S. The van der Waals surface area contributed by atoms with Crippen LogP contribution < -0.4 is 15.1 Å². The zero-order chi connectivity index (χ0) is 19.4. The number of hydrogen-bond acceptors (Lipinski definition) is 6. The summed E-state index contributed by atoms with van der Waals surface area (Å²) in [5.41, 5.74) is 0.952. The summed E-state index contributed by atoms with van der Waals surface area (Å²) in [6.45, 7) is 5.06. The van der Waals surface area contributed by atoms with Gasteiger partial charge < -0.3 is 19.9 Å². The Morgan fingerprint density at radius 2 is 2.15 bits per heavy atom. The number of benzene rings is 1. The second kappa shape index (κ2) is 8.39. The van der Waals surface area contributed by atoms with Crippen LogP contribution in [0.1, 0.15) is 13.3 Å². The molecule has 0 spiro atoms. The number of rotatable bonds is 5. The Bertz CT molecular complexity index is 761. The van der Waals surface area contributed by atoms with Crippen LogP contribution in [0.15, 0.2) is 18.2 Å². The normalized spacial score (nSPS) is 19.7. The number of nitriles is 1. The van der Waals surface area contributed by atoms with Crippen molar-refractivity contribution in [2.45, 2.75) is 19.4 Å². The van der Waals surface area contributed by atoms with E-state index in [4.69, 9.17) is 22.2 Å². The van der Waals surface area contributed by atoms with Gasteiger partial charge in [0.05, 0.1) is 29.5 Å². The maximum absolute atomic E-state index is 14.7. The van der Waals surface area contributed by atoms with E-state index < -0.39 is 6.09 Å². The van der Waals surface area contributed by atoms with Crippen molar-refractivity contribution in [3.8, 4) is 6.19 Å². The first kappa shape index (κ1) is 19.2. The smallest absolute Gasteiger partial charge is 0.414 e. The van der Waals surface area contributed by atoms with E-state index in [1.165, 1.54) is 11.0 Å². The highest BCUT2D eigenvalue weighted by Gasteiger charge is 2.33. The van der Waals surface area contributed by atoms with Crippen molar-refractivity contribution in [2.75, 3.05) is 49.1 Å². The Balaban J connectivity index is 1.64. The molecule has 27 heavy (non-hydrogen) atoms. The predicted molar refractivity (Wildman–Crippen MR) is 104 cm³/mol. The van der Waals surface area contributed by atoms with E-state index in [9.17, 15) is 9.18 Å².